The number of rotatable bonds is 2. The van der Waals surface area contributed by atoms with Gasteiger partial charge in [-0.05, 0) is 36.5 Å². The summed E-state index contributed by atoms with van der Waals surface area (Å²) >= 11 is 0. The van der Waals surface area contributed by atoms with Crippen molar-refractivity contribution in [2.45, 2.75) is 18.8 Å². The molecule has 0 atom stereocenters. The van der Waals surface area contributed by atoms with Crippen LogP contribution in [0.1, 0.15) is 29.9 Å². The molecule has 0 aromatic heterocycles. The van der Waals surface area contributed by atoms with Gasteiger partial charge in [0.2, 0.25) is 6.29 Å². The third kappa shape index (κ3) is 1.24. The highest BCUT2D eigenvalue weighted by molar-refractivity contribution is 5.76. The van der Waals surface area contributed by atoms with Gasteiger partial charge in [0.25, 0.3) is 0 Å². The summed E-state index contributed by atoms with van der Waals surface area (Å²) in [6, 6.07) is 4.68. The maximum Gasteiger partial charge on any atom is 0.236 e. The average molecular weight is 163 g/mol. The van der Waals surface area contributed by atoms with Crippen molar-refractivity contribution in [2.24, 2.45) is 0 Å². The lowest BCUT2D eigenvalue weighted by molar-refractivity contribution is 0.556. The first-order valence-electron chi connectivity index (χ1n) is 3.99. The Labute approximate surface area is 70.2 Å². The first-order valence-corrected chi connectivity index (χ1v) is 3.99. The minimum Gasteiger partial charge on any atom is -0.285 e. The molecule has 1 radical (unpaired) electrons. The molecule has 0 heterocycles. The molecule has 12 heavy (non-hydrogen) atoms. The molecule has 1 nitrogen and oxygen atoms in total. The highest BCUT2D eigenvalue weighted by Gasteiger charge is 2.23. The number of carbonyl (C=O) groups excluding carboxylic acids is 1. The van der Waals surface area contributed by atoms with E-state index in [9.17, 15) is 9.18 Å². The number of halogens is 1. The van der Waals surface area contributed by atoms with E-state index >= 15 is 0 Å². The molecular formula is C10H8FO. The zero-order valence-corrected chi connectivity index (χ0v) is 6.51. The van der Waals surface area contributed by atoms with Gasteiger partial charge in [0.15, 0.2) is 0 Å². The summed E-state index contributed by atoms with van der Waals surface area (Å²) in [5, 5.41) is 0. The maximum absolute atomic E-state index is 12.8. The van der Waals surface area contributed by atoms with Crippen LogP contribution in [0, 0.1) is 5.82 Å². The molecule has 1 aromatic carbocycles. The number of benzene rings is 1. The number of hydrogen-bond donors (Lipinski definition) is 0. The molecule has 0 bridgehead atoms. The molecule has 1 fully saturated rings. The van der Waals surface area contributed by atoms with E-state index in [4.69, 9.17) is 0 Å². The van der Waals surface area contributed by atoms with Crippen molar-refractivity contribution >= 4 is 6.29 Å². The molecule has 1 aliphatic rings. The SMILES string of the molecule is O=[C]c1cc(C2CC2)ccc1F. The molecule has 2 rings (SSSR count). The third-order valence-corrected chi connectivity index (χ3v) is 2.15. The van der Waals surface area contributed by atoms with Crippen LogP contribution >= 0.6 is 0 Å². The molecule has 1 saturated carbocycles. The Morgan fingerprint density at radius 1 is 1.42 bits per heavy atom. The lowest BCUT2D eigenvalue weighted by atomic mass is 10.1. The Balaban J connectivity index is 2.39. The van der Waals surface area contributed by atoms with Gasteiger partial charge in [-0.3, -0.25) is 4.79 Å². The maximum atomic E-state index is 12.8. The van der Waals surface area contributed by atoms with Crippen LogP contribution in [-0.2, 0) is 4.79 Å². The first kappa shape index (κ1) is 7.47. The van der Waals surface area contributed by atoms with Crippen molar-refractivity contribution in [1.82, 2.24) is 0 Å². The lowest BCUT2D eigenvalue weighted by Gasteiger charge is -1.98. The molecule has 1 aromatic rings. The Hall–Kier alpha value is -1.18. The van der Waals surface area contributed by atoms with E-state index in [0.717, 1.165) is 18.4 Å². The minimum atomic E-state index is -0.477. The predicted octanol–water partition coefficient (Wildman–Crippen LogP) is 2.16. The van der Waals surface area contributed by atoms with Gasteiger partial charge in [-0.1, -0.05) is 6.07 Å². The van der Waals surface area contributed by atoms with Crippen molar-refractivity contribution < 1.29 is 9.18 Å². The molecule has 0 N–H and O–H groups in total. The number of hydrogen-bond acceptors (Lipinski definition) is 1. The van der Waals surface area contributed by atoms with Gasteiger partial charge in [0.05, 0.1) is 5.56 Å². The summed E-state index contributed by atoms with van der Waals surface area (Å²) in [7, 11) is 0. The zero-order chi connectivity index (χ0) is 8.55. The smallest absolute Gasteiger partial charge is 0.236 e. The summed E-state index contributed by atoms with van der Waals surface area (Å²) in [4.78, 5) is 10.3. The fraction of sp³-hybridized carbons (Fsp3) is 0.300. The van der Waals surface area contributed by atoms with Crippen LogP contribution in [0.2, 0.25) is 0 Å². The predicted molar refractivity (Wildman–Crippen MR) is 43.2 cm³/mol. The van der Waals surface area contributed by atoms with Crippen LogP contribution in [0.3, 0.4) is 0 Å². The van der Waals surface area contributed by atoms with E-state index in [1.165, 1.54) is 6.07 Å². The van der Waals surface area contributed by atoms with Gasteiger partial charge < -0.3 is 0 Å². The highest BCUT2D eigenvalue weighted by Crippen LogP contribution is 2.40. The van der Waals surface area contributed by atoms with Gasteiger partial charge in [-0.2, -0.15) is 0 Å². The van der Waals surface area contributed by atoms with Crippen LogP contribution < -0.4 is 0 Å². The minimum absolute atomic E-state index is 0.0550. The van der Waals surface area contributed by atoms with Crippen molar-refractivity contribution in [3.05, 3.63) is 35.1 Å². The largest absolute Gasteiger partial charge is 0.285 e. The average Bonchev–Trinajstić information content (AvgIpc) is 2.88. The topological polar surface area (TPSA) is 17.1 Å². The van der Waals surface area contributed by atoms with E-state index in [1.54, 1.807) is 18.4 Å². The second-order valence-corrected chi connectivity index (χ2v) is 3.12. The second-order valence-electron chi connectivity index (χ2n) is 3.12. The highest BCUT2D eigenvalue weighted by atomic mass is 19.1. The Kier molecular flexibility index (Phi) is 1.68. The van der Waals surface area contributed by atoms with Crippen LogP contribution in [0.15, 0.2) is 18.2 Å². The fourth-order valence-corrected chi connectivity index (χ4v) is 1.29. The van der Waals surface area contributed by atoms with Crippen LogP contribution in [-0.4, -0.2) is 6.29 Å². The molecule has 0 saturated heterocycles. The Morgan fingerprint density at radius 2 is 2.17 bits per heavy atom. The molecule has 0 spiro atoms. The molecule has 61 valence electrons. The van der Waals surface area contributed by atoms with E-state index in [2.05, 4.69) is 0 Å². The molecule has 0 amide bonds. The van der Waals surface area contributed by atoms with Gasteiger partial charge in [-0.25, -0.2) is 4.39 Å². The lowest BCUT2D eigenvalue weighted by Crippen LogP contribution is -1.90. The summed E-state index contributed by atoms with van der Waals surface area (Å²) in [5.41, 5.74) is 1.12. The van der Waals surface area contributed by atoms with Gasteiger partial charge in [0, 0.05) is 0 Å². The van der Waals surface area contributed by atoms with Crippen LogP contribution in [0.4, 0.5) is 4.39 Å². The molecule has 1 aliphatic carbocycles. The van der Waals surface area contributed by atoms with E-state index in [0.29, 0.717) is 5.92 Å². The Bertz CT molecular complexity index is 316. The van der Waals surface area contributed by atoms with Crippen molar-refractivity contribution in [3.63, 3.8) is 0 Å². The standard InChI is InChI=1S/C10H8FO/c11-10-4-3-8(7-1-2-7)5-9(10)6-12/h3-5,7H,1-2H2. The van der Waals surface area contributed by atoms with E-state index < -0.39 is 5.82 Å². The van der Waals surface area contributed by atoms with E-state index in [1.807, 2.05) is 0 Å². The third-order valence-electron chi connectivity index (χ3n) is 2.15. The second kappa shape index (κ2) is 2.70. The van der Waals surface area contributed by atoms with Crippen LogP contribution in [0.25, 0.3) is 0 Å². The molecule has 0 unspecified atom stereocenters. The monoisotopic (exact) mass is 163 g/mol. The normalized spacial score (nSPS) is 16.1. The summed E-state index contributed by atoms with van der Waals surface area (Å²) in [6.45, 7) is 0. The van der Waals surface area contributed by atoms with E-state index in [-0.39, 0.29) is 5.56 Å². The molecular weight excluding hydrogens is 155 g/mol. The quantitative estimate of drug-likeness (QED) is 0.653. The summed E-state index contributed by atoms with van der Waals surface area (Å²) in [5.74, 6) is 0.0760. The first-order chi connectivity index (χ1) is 5.81. The zero-order valence-electron chi connectivity index (χ0n) is 6.51. The van der Waals surface area contributed by atoms with Crippen molar-refractivity contribution in [1.29, 1.82) is 0 Å². The fourth-order valence-electron chi connectivity index (χ4n) is 1.29. The summed E-state index contributed by atoms with van der Waals surface area (Å²) in [6.07, 6.45) is 3.91. The Morgan fingerprint density at radius 3 is 2.75 bits per heavy atom. The van der Waals surface area contributed by atoms with Gasteiger partial charge in [0.1, 0.15) is 5.82 Å². The van der Waals surface area contributed by atoms with Gasteiger partial charge in [-0.15, -0.1) is 0 Å². The molecule has 2 heteroatoms. The van der Waals surface area contributed by atoms with Gasteiger partial charge >= 0.3 is 0 Å². The van der Waals surface area contributed by atoms with Crippen molar-refractivity contribution in [3.8, 4) is 0 Å². The molecule has 0 aliphatic heterocycles. The van der Waals surface area contributed by atoms with Crippen LogP contribution in [0.5, 0.6) is 0 Å². The van der Waals surface area contributed by atoms with Crippen molar-refractivity contribution in [2.75, 3.05) is 0 Å². The summed E-state index contributed by atoms with van der Waals surface area (Å²) < 4.78 is 12.8.